The highest BCUT2D eigenvalue weighted by atomic mass is 32.2. The Labute approximate surface area is 202 Å². The van der Waals surface area contributed by atoms with E-state index >= 15 is 0 Å². The number of hydrogen-bond donors (Lipinski definition) is 4. The molecule has 2 heterocycles. The van der Waals surface area contributed by atoms with Crippen molar-refractivity contribution in [1.29, 1.82) is 0 Å². The highest BCUT2D eigenvalue weighted by Crippen LogP contribution is 2.42. The molecule has 4 aromatic rings. The standard InChI is InChI=1S/C24H26N4O4S2/c29-22(17-3-1-4-18(13-17)28-34(30,31)23-5-2-12-33-23)15-25-10-11-32-19-8-9-20-21(14-19)26-27-24(20)16-6-7-16/h1-5,8-9,12-14,16,22,25,28-29H,6-7,10-11,15H2,(H,26,27). The van der Waals surface area contributed by atoms with Gasteiger partial charge in [0.25, 0.3) is 10.0 Å². The van der Waals surface area contributed by atoms with E-state index in [0.29, 0.717) is 36.9 Å². The van der Waals surface area contributed by atoms with Crippen LogP contribution < -0.4 is 14.8 Å². The van der Waals surface area contributed by atoms with Crippen molar-refractivity contribution >= 4 is 38.0 Å². The zero-order valence-electron chi connectivity index (χ0n) is 18.4. The average Bonchev–Trinajstić information content (AvgIpc) is 3.33. The average molecular weight is 499 g/mol. The Morgan fingerprint density at radius 2 is 2.06 bits per heavy atom. The van der Waals surface area contributed by atoms with Crippen molar-refractivity contribution in [2.45, 2.75) is 29.1 Å². The van der Waals surface area contributed by atoms with Gasteiger partial charge in [0.15, 0.2) is 0 Å². The van der Waals surface area contributed by atoms with Crippen molar-refractivity contribution in [2.75, 3.05) is 24.4 Å². The number of aromatic nitrogens is 2. The Hall–Kier alpha value is -2.92. The van der Waals surface area contributed by atoms with Gasteiger partial charge in [0.2, 0.25) is 0 Å². The van der Waals surface area contributed by atoms with Crippen molar-refractivity contribution in [3.05, 3.63) is 71.2 Å². The molecule has 1 unspecified atom stereocenters. The van der Waals surface area contributed by atoms with Crippen molar-refractivity contribution in [3.63, 3.8) is 0 Å². The molecular weight excluding hydrogens is 472 g/mol. The lowest BCUT2D eigenvalue weighted by atomic mass is 10.1. The van der Waals surface area contributed by atoms with Crippen LogP contribution in [-0.4, -0.2) is 43.4 Å². The molecule has 0 radical (unpaired) electrons. The molecule has 2 aromatic carbocycles. The van der Waals surface area contributed by atoms with Crippen molar-refractivity contribution in [2.24, 2.45) is 0 Å². The van der Waals surface area contributed by atoms with Gasteiger partial charge in [0, 0.05) is 41.8 Å². The van der Waals surface area contributed by atoms with Crippen LogP contribution >= 0.6 is 11.3 Å². The Kier molecular flexibility index (Phi) is 6.55. The predicted octanol–water partition coefficient (Wildman–Crippen LogP) is 4.00. The molecule has 34 heavy (non-hydrogen) atoms. The van der Waals surface area contributed by atoms with Gasteiger partial charge in [-0.05, 0) is 54.1 Å². The lowest BCUT2D eigenvalue weighted by Gasteiger charge is -2.14. The Morgan fingerprint density at radius 3 is 2.85 bits per heavy atom. The van der Waals surface area contributed by atoms with Crippen LogP contribution in [0.2, 0.25) is 0 Å². The monoisotopic (exact) mass is 498 g/mol. The van der Waals surface area contributed by atoms with Crippen molar-refractivity contribution in [3.8, 4) is 5.75 Å². The maximum Gasteiger partial charge on any atom is 0.271 e. The number of anilines is 1. The van der Waals surface area contributed by atoms with Crippen LogP contribution in [0.15, 0.2) is 64.2 Å². The molecule has 0 saturated heterocycles. The summed E-state index contributed by atoms with van der Waals surface area (Å²) in [6, 6.07) is 16.0. The number of hydrogen-bond acceptors (Lipinski definition) is 7. The first-order valence-corrected chi connectivity index (χ1v) is 13.5. The third-order valence-corrected chi connectivity index (χ3v) is 8.49. The van der Waals surface area contributed by atoms with Gasteiger partial charge in [-0.25, -0.2) is 8.42 Å². The molecular formula is C24H26N4O4S2. The third kappa shape index (κ3) is 5.25. The number of rotatable bonds is 11. The zero-order chi connectivity index (χ0) is 23.5. The molecule has 5 rings (SSSR count). The Bertz CT molecular complexity index is 1360. The molecule has 1 fully saturated rings. The van der Waals surface area contributed by atoms with Crippen LogP contribution in [-0.2, 0) is 10.0 Å². The fourth-order valence-electron chi connectivity index (χ4n) is 3.81. The number of aromatic amines is 1. The van der Waals surface area contributed by atoms with Crippen LogP contribution in [0.25, 0.3) is 10.9 Å². The van der Waals surface area contributed by atoms with Gasteiger partial charge in [-0.2, -0.15) is 5.10 Å². The van der Waals surface area contributed by atoms with Gasteiger partial charge in [-0.1, -0.05) is 18.2 Å². The highest BCUT2D eigenvalue weighted by molar-refractivity contribution is 7.94. The summed E-state index contributed by atoms with van der Waals surface area (Å²) in [5.74, 6) is 1.38. The van der Waals surface area contributed by atoms with E-state index in [-0.39, 0.29) is 4.21 Å². The van der Waals surface area contributed by atoms with E-state index in [1.807, 2.05) is 12.1 Å². The number of aliphatic hydroxyl groups is 1. The summed E-state index contributed by atoms with van der Waals surface area (Å²) in [5.41, 5.74) is 3.17. The fourth-order valence-corrected chi connectivity index (χ4v) is 5.86. The maximum absolute atomic E-state index is 12.4. The number of nitrogens with one attached hydrogen (secondary N) is 3. The van der Waals surface area contributed by atoms with Crippen LogP contribution in [0.5, 0.6) is 5.75 Å². The number of thiophene rings is 1. The number of nitrogens with zero attached hydrogens (tertiary/aromatic N) is 1. The molecule has 1 atom stereocenters. The van der Waals surface area contributed by atoms with Gasteiger partial charge in [0.05, 0.1) is 11.6 Å². The molecule has 4 N–H and O–H groups in total. The number of H-pyrrole nitrogens is 1. The van der Waals surface area contributed by atoms with Crippen molar-refractivity contribution in [1.82, 2.24) is 15.5 Å². The third-order valence-electron chi connectivity index (χ3n) is 5.71. The van der Waals surface area contributed by atoms with E-state index in [0.717, 1.165) is 28.0 Å². The number of sulfonamides is 1. The summed E-state index contributed by atoms with van der Waals surface area (Å²) >= 11 is 1.15. The van der Waals surface area contributed by atoms with Gasteiger partial charge in [-0.3, -0.25) is 9.82 Å². The van der Waals surface area contributed by atoms with Crippen LogP contribution in [0, 0.1) is 0 Å². The van der Waals surface area contributed by atoms with E-state index in [9.17, 15) is 13.5 Å². The second-order valence-corrected chi connectivity index (χ2v) is 11.2. The van der Waals surface area contributed by atoms with E-state index < -0.39 is 16.1 Å². The van der Waals surface area contributed by atoms with E-state index in [1.54, 1.807) is 41.8 Å². The van der Waals surface area contributed by atoms with Crippen LogP contribution in [0.1, 0.15) is 36.1 Å². The number of fused-ring (bicyclic) bond motifs is 1. The summed E-state index contributed by atoms with van der Waals surface area (Å²) in [7, 11) is -3.63. The number of benzene rings is 2. The predicted molar refractivity (Wildman–Crippen MR) is 133 cm³/mol. The van der Waals surface area contributed by atoms with Crippen LogP contribution in [0.3, 0.4) is 0 Å². The minimum Gasteiger partial charge on any atom is -0.492 e. The maximum atomic E-state index is 12.4. The molecule has 0 amide bonds. The van der Waals surface area contributed by atoms with E-state index in [4.69, 9.17) is 4.74 Å². The van der Waals surface area contributed by atoms with Gasteiger partial charge in [-0.15, -0.1) is 11.3 Å². The summed E-state index contributed by atoms with van der Waals surface area (Å²) in [6.07, 6.45) is 1.66. The van der Waals surface area contributed by atoms with E-state index in [2.05, 4.69) is 26.3 Å². The molecule has 0 aliphatic heterocycles. The molecule has 1 aliphatic carbocycles. The summed E-state index contributed by atoms with van der Waals surface area (Å²) < 4.78 is 33.5. The van der Waals surface area contributed by atoms with Gasteiger partial charge < -0.3 is 15.2 Å². The minimum atomic E-state index is -3.63. The second kappa shape index (κ2) is 9.75. The molecule has 1 saturated carbocycles. The first kappa shape index (κ1) is 22.9. The minimum absolute atomic E-state index is 0.245. The topological polar surface area (TPSA) is 116 Å². The smallest absolute Gasteiger partial charge is 0.271 e. The largest absolute Gasteiger partial charge is 0.492 e. The first-order valence-electron chi connectivity index (χ1n) is 11.2. The molecule has 178 valence electrons. The summed E-state index contributed by atoms with van der Waals surface area (Å²) in [4.78, 5) is 0. The SMILES string of the molecule is O=S(=O)(Nc1cccc(C(O)CNCCOc2ccc3c(C4CC4)[nH]nc3c2)c1)c1cccs1. The van der Waals surface area contributed by atoms with Crippen molar-refractivity contribution < 1.29 is 18.3 Å². The Balaban J connectivity index is 1.09. The second-order valence-electron chi connectivity index (χ2n) is 8.32. The van der Waals surface area contributed by atoms with Crippen LogP contribution in [0.4, 0.5) is 5.69 Å². The quantitative estimate of drug-likeness (QED) is 0.232. The highest BCUT2D eigenvalue weighted by Gasteiger charge is 2.27. The Morgan fingerprint density at radius 1 is 1.18 bits per heavy atom. The number of aliphatic hydroxyl groups excluding tert-OH is 1. The zero-order valence-corrected chi connectivity index (χ0v) is 20.0. The molecule has 10 heteroatoms. The van der Waals surface area contributed by atoms with E-state index in [1.165, 1.54) is 18.5 Å². The summed E-state index contributed by atoms with van der Waals surface area (Å²) in [6.45, 7) is 1.31. The fraction of sp³-hybridized carbons (Fsp3) is 0.292. The lowest BCUT2D eigenvalue weighted by molar-refractivity contribution is 0.172. The molecule has 2 aromatic heterocycles. The number of ether oxygens (including phenoxy) is 1. The first-order chi connectivity index (χ1) is 16.5. The molecule has 1 aliphatic rings. The van der Waals surface area contributed by atoms with Gasteiger partial charge >= 0.3 is 0 Å². The lowest BCUT2D eigenvalue weighted by Crippen LogP contribution is -2.26. The molecule has 8 nitrogen and oxygen atoms in total. The molecule has 0 spiro atoms. The molecule has 0 bridgehead atoms. The normalized spacial score (nSPS) is 14.9. The van der Waals surface area contributed by atoms with Gasteiger partial charge in [0.1, 0.15) is 16.6 Å². The summed E-state index contributed by atoms with van der Waals surface area (Å²) in [5, 5.41) is 24.1.